The minimum absolute atomic E-state index is 0.694. The number of carbonyl (C=O) groups excluding carboxylic acids is 1. The predicted octanol–water partition coefficient (Wildman–Crippen LogP) is 7.00. The number of benzene rings is 4. The first-order valence-electron chi connectivity index (χ1n) is 9.32. The molecule has 28 heavy (non-hydrogen) atoms. The maximum Gasteiger partial charge on any atom is 0.150 e. The van der Waals surface area contributed by atoms with Crippen molar-refractivity contribution in [2.24, 2.45) is 0 Å². The first-order chi connectivity index (χ1) is 13.8. The van der Waals surface area contributed by atoms with Gasteiger partial charge in [-0.25, -0.2) is 0 Å². The molecule has 0 bridgehead atoms. The van der Waals surface area contributed by atoms with Gasteiger partial charge in [0.25, 0.3) is 0 Å². The zero-order valence-corrected chi connectivity index (χ0v) is 15.5. The van der Waals surface area contributed by atoms with Crippen molar-refractivity contribution in [3.05, 3.63) is 120 Å². The Morgan fingerprint density at radius 1 is 0.464 bits per heavy atom. The third-order valence-corrected chi connectivity index (χ3v) is 4.79. The quantitative estimate of drug-likeness (QED) is 0.276. The molecule has 0 radical (unpaired) electrons. The van der Waals surface area contributed by atoms with Gasteiger partial charge in [-0.2, -0.15) is 0 Å². The summed E-state index contributed by atoms with van der Waals surface area (Å²) >= 11 is 0. The van der Waals surface area contributed by atoms with Gasteiger partial charge in [-0.05, 0) is 33.4 Å². The molecule has 4 aromatic rings. The molecule has 0 heterocycles. The second-order valence-electron chi connectivity index (χ2n) is 6.65. The summed E-state index contributed by atoms with van der Waals surface area (Å²) in [6.45, 7) is 0. The average Bonchev–Trinajstić information content (AvgIpc) is 2.79. The highest BCUT2D eigenvalue weighted by Crippen LogP contribution is 2.28. The molecule has 1 nitrogen and oxygen atoms in total. The largest absolute Gasteiger partial charge is 0.298 e. The predicted molar refractivity (Wildman–Crippen MR) is 118 cm³/mol. The van der Waals surface area contributed by atoms with Crippen LogP contribution in [0.3, 0.4) is 0 Å². The summed E-state index contributed by atoms with van der Waals surface area (Å²) in [5.74, 6) is 0. The molecule has 1 heteroatoms. The Balaban J connectivity index is 1.62. The molecule has 0 saturated carbocycles. The summed E-state index contributed by atoms with van der Waals surface area (Å²) in [6.07, 6.45) is 5.17. The highest BCUT2D eigenvalue weighted by atomic mass is 16.1. The summed E-state index contributed by atoms with van der Waals surface area (Å²) in [7, 11) is 0. The first kappa shape index (κ1) is 17.7. The van der Waals surface area contributed by atoms with E-state index in [9.17, 15) is 4.79 Å². The van der Waals surface area contributed by atoms with Gasteiger partial charge in [-0.1, -0.05) is 115 Å². The molecule has 4 rings (SSSR count). The molecule has 4 aromatic carbocycles. The van der Waals surface area contributed by atoms with Crippen LogP contribution < -0.4 is 0 Å². The Morgan fingerprint density at radius 3 is 1.71 bits per heavy atom. The van der Waals surface area contributed by atoms with Crippen LogP contribution in [0, 0.1) is 0 Å². The van der Waals surface area contributed by atoms with E-state index in [1.165, 1.54) is 22.3 Å². The maximum absolute atomic E-state index is 10.8. The van der Waals surface area contributed by atoms with Crippen molar-refractivity contribution < 1.29 is 4.79 Å². The van der Waals surface area contributed by atoms with Gasteiger partial charge in [0.1, 0.15) is 6.29 Å². The van der Waals surface area contributed by atoms with Crippen LogP contribution in [-0.4, -0.2) is 6.29 Å². The number of hydrogen-bond donors (Lipinski definition) is 0. The normalized spacial score (nSPS) is 10.9. The molecule has 0 amide bonds. The summed E-state index contributed by atoms with van der Waals surface area (Å²) in [5, 5.41) is 0. The van der Waals surface area contributed by atoms with E-state index in [-0.39, 0.29) is 0 Å². The van der Waals surface area contributed by atoms with Crippen molar-refractivity contribution in [1.82, 2.24) is 0 Å². The summed E-state index contributed by atoms with van der Waals surface area (Å²) < 4.78 is 0. The van der Waals surface area contributed by atoms with Crippen molar-refractivity contribution in [3.63, 3.8) is 0 Å². The van der Waals surface area contributed by atoms with E-state index >= 15 is 0 Å². The van der Waals surface area contributed by atoms with Crippen LogP contribution in [-0.2, 0) is 0 Å². The Kier molecular flexibility index (Phi) is 5.26. The lowest BCUT2D eigenvalue weighted by Gasteiger charge is -2.08. The zero-order chi connectivity index (χ0) is 19.2. The zero-order valence-electron chi connectivity index (χ0n) is 15.5. The fourth-order valence-electron chi connectivity index (χ4n) is 3.25. The smallest absolute Gasteiger partial charge is 0.150 e. The van der Waals surface area contributed by atoms with E-state index in [0.717, 1.165) is 17.4 Å². The molecule has 0 aliphatic carbocycles. The first-order valence-corrected chi connectivity index (χ1v) is 9.32. The van der Waals surface area contributed by atoms with Gasteiger partial charge in [0, 0.05) is 5.56 Å². The Morgan fingerprint density at radius 2 is 1.04 bits per heavy atom. The lowest BCUT2D eigenvalue weighted by atomic mass is 9.96. The number of aldehydes is 1. The average molecular weight is 360 g/mol. The van der Waals surface area contributed by atoms with E-state index in [4.69, 9.17) is 0 Å². The van der Waals surface area contributed by atoms with Gasteiger partial charge >= 0.3 is 0 Å². The topological polar surface area (TPSA) is 17.1 Å². The molecule has 134 valence electrons. The molecule has 0 aromatic heterocycles. The summed E-state index contributed by atoms with van der Waals surface area (Å²) in [6, 6.07) is 35.0. The van der Waals surface area contributed by atoms with Crippen LogP contribution in [0.4, 0.5) is 0 Å². The summed E-state index contributed by atoms with van der Waals surface area (Å²) in [5.41, 5.74) is 7.70. The lowest BCUT2D eigenvalue weighted by Crippen LogP contribution is -1.85. The third kappa shape index (κ3) is 3.99. The fraction of sp³-hybridized carbons (Fsp3) is 0. The molecule has 0 N–H and O–H groups in total. The van der Waals surface area contributed by atoms with Gasteiger partial charge in [0.05, 0.1) is 0 Å². The SMILES string of the molecule is O=Cc1ccc(-c2ccc(-c3ccccc3C=Cc3ccccc3)cc2)cc1. The van der Waals surface area contributed by atoms with Gasteiger partial charge in [0.15, 0.2) is 0 Å². The van der Waals surface area contributed by atoms with Gasteiger partial charge in [-0.15, -0.1) is 0 Å². The standard InChI is InChI=1S/C27H20O/c28-20-22-11-13-23(14-12-22)24-16-18-26(19-17-24)27-9-5-4-8-25(27)15-10-21-6-2-1-3-7-21/h1-20H. The maximum atomic E-state index is 10.8. The van der Waals surface area contributed by atoms with Crippen molar-refractivity contribution >= 4 is 18.4 Å². The number of carbonyl (C=O) groups is 1. The van der Waals surface area contributed by atoms with Gasteiger partial charge in [-0.3, -0.25) is 4.79 Å². The number of rotatable bonds is 5. The second kappa shape index (κ2) is 8.32. The Bertz CT molecular complexity index is 1090. The third-order valence-electron chi connectivity index (χ3n) is 4.79. The van der Waals surface area contributed by atoms with Crippen LogP contribution in [0.5, 0.6) is 0 Å². The molecular weight excluding hydrogens is 340 g/mol. The number of hydrogen-bond acceptors (Lipinski definition) is 1. The molecule has 0 aliphatic heterocycles. The molecule has 0 fully saturated rings. The Hall–Kier alpha value is -3.71. The van der Waals surface area contributed by atoms with Crippen LogP contribution in [0.15, 0.2) is 103 Å². The summed E-state index contributed by atoms with van der Waals surface area (Å²) in [4.78, 5) is 10.8. The van der Waals surface area contributed by atoms with Crippen LogP contribution in [0.2, 0.25) is 0 Å². The van der Waals surface area contributed by atoms with E-state index in [1.807, 2.05) is 42.5 Å². The van der Waals surface area contributed by atoms with Crippen LogP contribution in [0.25, 0.3) is 34.4 Å². The van der Waals surface area contributed by atoms with E-state index in [2.05, 4.69) is 72.8 Å². The molecular formula is C27H20O. The minimum atomic E-state index is 0.694. The Labute approximate surface area is 165 Å². The minimum Gasteiger partial charge on any atom is -0.298 e. The lowest BCUT2D eigenvalue weighted by molar-refractivity contribution is 0.112. The van der Waals surface area contributed by atoms with E-state index in [1.54, 1.807) is 0 Å². The van der Waals surface area contributed by atoms with Gasteiger partial charge < -0.3 is 0 Å². The monoisotopic (exact) mass is 360 g/mol. The van der Waals surface area contributed by atoms with E-state index < -0.39 is 0 Å². The second-order valence-corrected chi connectivity index (χ2v) is 6.65. The van der Waals surface area contributed by atoms with Crippen LogP contribution in [0.1, 0.15) is 21.5 Å². The van der Waals surface area contributed by atoms with Crippen molar-refractivity contribution in [3.8, 4) is 22.3 Å². The van der Waals surface area contributed by atoms with Crippen LogP contribution >= 0.6 is 0 Å². The molecule has 0 aliphatic rings. The van der Waals surface area contributed by atoms with E-state index in [0.29, 0.717) is 5.56 Å². The van der Waals surface area contributed by atoms with Crippen molar-refractivity contribution in [2.75, 3.05) is 0 Å². The van der Waals surface area contributed by atoms with Crippen molar-refractivity contribution in [1.29, 1.82) is 0 Å². The van der Waals surface area contributed by atoms with Crippen molar-refractivity contribution in [2.45, 2.75) is 0 Å². The fourth-order valence-corrected chi connectivity index (χ4v) is 3.25. The van der Waals surface area contributed by atoms with Gasteiger partial charge in [0.2, 0.25) is 0 Å². The molecule has 0 spiro atoms. The molecule has 0 unspecified atom stereocenters. The molecule has 0 atom stereocenters. The highest BCUT2D eigenvalue weighted by molar-refractivity contribution is 5.82. The molecule has 0 saturated heterocycles. The highest BCUT2D eigenvalue weighted by Gasteiger charge is 2.04.